The zero-order chi connectivity index (χ0) is 19.6. The molecule has 0 aliphatic heterocycles. The molecule has 3 aromatic rings. The van der Waals surface area contributed by atoms with Crippen LogP contribution in [0, 0.1) is 11.6 Å². The molecule has 0 fully saturated rings. The second-order valence-corrected chi connectivity index (χ2v) is 7.39. The topological polar surface area (TPSA) is 104 Å². The Morgan fingerprint density at radius 1 is 1.04 bits per heavy atom. The first-order chi connectivity index (χ1) is 12.7. The number of nitrogens with zero attached hydrogens (tertiary/aromatic N) is 1. The number of H-pyrrole nitrogens is 1. The summed E-state index contributed by atoms with van der Waals surface area (Å²) in [5, 5.41) is 7.93. The van der Waals surface area contributed by atoms with Crippen LogP contribution in [0.1, 0.15) is 10.4 Å². The fourth-order valence-corrected chi connectivity index (χ4v) is 3.47. The van der Waals surface area contributed by atoms with Crippen LogP contribution in [-0.4, -0.2) is 24.5 Å². The highest BCUT2D eigenvalue weighted by molar-refractivity contribution is 7.92. The van der Waals surface area contributed by atoms with Crippen LogP contribution in [0.2, 0.25) is 5.02 Å². The third-order valence-electron chi connectivity index (χ3n) is 3.33. The Morgan fingerprint density at radius 3 is 2.30 bits per heavy atom. The number of nitrogens with one attached hydrogen (secondary N) is 3. The van der Waals surface area contributed by atoms with Crippen LogP contribution in [0.4, 0.5) is 20.2 Å². The van der Waals surface area contributed by atoms with Gasteiger partial charge >= 0.3 is 0 Å². The van der Waals surface area contributed by atoms with Crippen molar-refractivity contribution in [2.75, 3.05) is 10.0 Å². The quantitative estimate of drug-likeness (QED) is 0.597. The van der Waals surface area contributed by atoms with Crippen LogP contribution >= 0.6 is 11.6 Å². The first-order valence-corrected chi connectivity index (χ1v) is 9.20. The van der Waals surface area contributed by atoms with Crippen molar-refractivity contribution >= 4 is 38.9 Å². The van der Waals surface area contributed by atoms with E-state index in [4.69, 9.17) is 11.6 Å². The van der Waals surface area contributed by atoms with Crippen molar-refractivity contribution in [1.82, 2.24) is 10.2 Å². The van der Waals surface area contributed by atoms with Crippen molar-refractivity contribution in [1.29, 1.82) is 0 Å². The zero-order valence-electron chi connectivity index (χ0n) is 13.3. The molecule has 0 aliphatic rings. The number of anilines is 2. The third-order valence-corrected chi connectivity index (χ3v) is 4.94. The van der Waals surface area contributed by atoms with E-state index in [1.54, 1.807) is 0 Å². The van der Waals surface area contributed by atoms with Gasteiger partial charge in [0.1, 0.15) is 11.6 Å². The van der Waals surface area contributed by atoms with Gasteiger partial charge in [-0.05, 0) is 36.4 Å². The fourth-order valence-electron chi connectivity index (χ4n) is 2.19. The lowest BCUT2D eigenvalue weighted by atomic mass is 10.2. The van der Waals surface area contributed by atoms with Gasteiger partial charge in [0.25, 0.3) is 15.9 Å². The van der Waals surface area contributed by atoms with Crippen molar-refractivity contribution in [2.45, 2.75) is 5.03 Å². The average molecular weight is 413 g/mol. The fraction of sp³-hybridized carbons (Fsp3) is 0. The van der Waals surface area contributed by atoms with Gasteiger partial charge < -0.3 is 5.32 Å². The number of rotatable bonds is 5. The highest BCUT2D eigenvalue weighted by atomic mass is 35.5. The summed E-state index contributed by atoms with van der Waals surface area (Å²) in [5.41, 5.74) is -0.290. The standard InChI is InChI=1S/C16H11ClF2N4O3S/c17-9-1-3-12(4-2-9)23-27(25,26)16-14(8-20-22-16)15(24)21-13-6-10(18)5-11(19)7-13/h1-8,23H,(H,20,22)(H,21,24). The predicted molar refractivity (Wildman–Crippen MR) is 95.2 cm³/mol. The van der Waals surface area contributed by atoms with Crippen molar-refractivity contribution in [3.8, 4) is 0 Å². The van der Waals surface area contributed by atoms with E-state index in [1.165, 1.54) is 24.3 Å². The summed E-state index contributed by atoms with van der Waals surface area (Å²) in [6.07, 6.45) is 0.988. The van der Waals surface area contributed by atoms with Gasteiger partial charge in [0.15, 0.2) is 5.03 Å². The molecular formula is C16H11ClF2N4O3S. The molecule has 1 heterocycles. The molecule has 0 spiro atoms. The summed E-state index contributed by atoms with van der Waals surface area (Å²) in [6.45, 7) is 0. The Morgan fingerprint density at radius 2 is 1.67 bits per heavy atom. The first kappa shape index (κ1) is 18.8. The number of aromatic amines is 1. The second-order valence-electron chi connectivity index (χ2n) is 5.34. The van der Waals surface area contributed by atoms with Crippen molar-refractivity contribution < 1.29 is 22.0 Å². The lowest BCUT2D eigenvalue weighted by Crippen LogP contribution is -2.19. The minimum atomic E-state index is -4.19. The number of aromatic nitrogens is 2. The van der Waals surface area contributed by atoms with E-state index in [2.05, 4.69) is 20.2 Å². The molecule has 27 heavy (non-hydrogen) atoms. The molecule has 3 rings (SSSR count). The van der Waals surface area contributed by atoms with Crippen LogP contribution in [0.3, 0.4) is 0 Å². The summed E-state index contributed by atoms with van der Waals surface area (Å²) in [7, 11) is -4.19. The summed E-state index contributed by atoms with van der Waals surface area (Å²) < 4.78 is 53.8. The van der Waals surface area contributed by atoms with Crippen LogP contribution < -0.4 is 10.0 Å². The van der Waals surface area contributed by atoms with E-state index in [9.17, 15) is 22.0 Å². The van der Waals surface area contributed by atoms with Gasteiger partial charge in [-0.3, -0.25) is 14.6 Å². The van der Waals surface area contributed by atoms with Gasteiger partial charge in [0.05, 0.1) is 11.8 Å². The molecule has 11 heteroatoms. The number of amides is 1. The van der Waals surface area contributed by atoms with E-state index in [0.29, 0.717) is 11.1 Å². The van der Waals surface area contributed by atoms with E-state index in [-0.39, 0.29) is 16.9 Å². The van der Waals surface area contributed by atoms with Gasteiger partial charge in [-0.15, -0.1) is 0 Å². The largest absolute Gasteiger partial charge is 0.322 e. The van der Waals surface area contributed by atoms with Crippen molar-refractivity contribution in [3.63, 3.8) is 0 Å². The highest BCUT2D eigenvalue weighted by Gasteiger charge is 2.25. The molecule has 0 unspecified atom stereocenters. The number of benzene rings is 2. The molecule has 1 aromatic heterocycles. The number of hydrogen-bond acceptors (Lipinski definition) is 4. The Kier molecular flexibility index (Phi) is 5.10. The zero-order valence-corrected chi connectivity index (χ0v) is 14.9. The number of sulfonamides is 1. The molecule has 0 saturated heterocycles. The predicted octanol–water partition coefficient (Wildman–Crippen LogP) is 3.39. The maximum Gasteiger partial charge on any atom is 0.279 e. The SMILES string of the molecule is O=C(Nc1cc(F)cc(F)c1)c1cn[nH]c1S(=O)(=O)Nc1ccc(Cl)cc1. The average Bonchev–Trinajstić information content (AvgIpc) is 3.06. The monoisotopic (exact) mass is 412 g/mol. The van der Waals surface area contributed by atoms with Crippen LogP contribution in [-0.2, 0) is 10.0 Å². The lowest BCUT2D eigenvalue weighted by molar-refractivity contribution is 0.102. The lowest BCUT2D eigenvalue weighted by Gasteiger charge is -2.09. The van der Waals surface area contributed by atoms with Crippen LogP contribution in [0.25, 0.3) is 0 Å². The minimum Gasteiger partial charge on any atom is -0.322 e. The number of hydrogen-bond donors (Lipinski definition) is 3. The molecular weight excluding hydrogens is 402 g/mol. The number of halogens is 3. The molecule has 1 amide bonds. The molecule has 0 aliphatic carbocycles. The van der Waals surface area contributed by atoms with Crippen molar-refractivity contribution in [3.05, 3.63) is 70.9 Å². The molecule has 140 valence electrons. The van der Waals surface area contributed by atoms with Crippen LogP contribution in [0.15, 0.2) is 53.7 Å². The summed E-state index contributed by atoms with van der Waals surface area (Å²) in [4.78, 5) is 12.3. The molecule has 3 N–H and O–H groups in total. The number of carbonyl (C=O) groups is 1. The molecule has 0 bridgehead atoms. The summed E-state index contributed by atoms with van der Waals surface area (Å²) >= 11 is 5.75. The van der Waals surface area contributed by atoms with Gasteiger partial charge in [-0.2, -0.15) is 13.5 Å². The van der Waals surface area contributed by atoms with E-state index < -0.39 is 32.6 Å². The van der Waals surface area contributed by atoms with Gasteiger partial charge in [0.2, 0.25) is 0 Å². The van der Waals surface area contributed by atoms with E-state index >= 15 is 0 Å². The molecule has 0 atom stereocenters. The Bertz CT molecular complexity index is 1080. The molecule has 0 saturated carbocycles. The third kappa shape index (κ3) is 4.41. The Labute approximate surface area is 157 Å². The molecule has 0 radical (unpaired) electrons. The minimum absolute atomic E-state index is 0.173. The van der Waals surface area contributed by atoms with Gasteiger partial charge in [-0.25, -0.2) is 8.78 Å². The summed E-state index contributed by atoms with van der Waals surface area (Å²) in [6, 6.07) is 8.26. The van der Waals surface area contributed by atoms with E-state index in [0.717, 1.165) is 18.3 Å². The second kappa shape index (κ2) is 7.33. The number of carbonyl (C=O) groups excluding carboxylic acids is 1. The van der Waals surface area contributed by atoms with Gasteiger partial charge in [-0.1, -0.05) is 11.6 Å². The first-order valence-electron chi connectivity index (χ1n) is 7.34. The molecule has 7 nitrogen and oxygen atoms in total. The Balaban J connectivity index is 1.85. The smallest absolute Gasteiger partial charge is 0.279 e. The van der Waals surface area contributed by atoms with E-state index in [1.807, 2.05) is 0 Å². The maximum absolute atomic E-state index is 13.2. The van der Waals surface area contributed by atoms with Crippen LogP contribution in [0.5, 0.6) is 0 Å². The maximum atomic E-state index is 13.2. The highest BCUT2D eigenvalue weighted by Crippen LogP contribution is 2.21. The normalized spacial score (nSPS) is 11.2. The molecule has 2 aromatic carbocycles. The Hall–Kier alpha value is -2.98. The summed E-state index contributed by atoms with van der Waals surface area (Å²) in [5.74, 6) is -2.70. The van der Waals surface area contributed by atoms with Crippen molar-refractivity contribution in [2.24, 2.45) is 0 Å². The van der Waals surface area contributed by atoms with Gasteiger partial charge in [0, 0.05) is 22.5 Å².